The second-order valence-electron chi connectivity index (χ2n) is 6.72. The van der Waals surface area contributed by atoms with Gasteiger partial charge in [0.25, 0.3) is 0 Å². The molecule has 3 aromatic rings. The largest absolute Gasteiger partial charge is 0.337 e. The van der Waals surface area contributed by atoms with E-state index in [-0.39, 0.29) is 0 Å². The molecule has 4 rings (SSSR count). The number of hydrogen-bond acceptors (Lipinski definition) is 8. The van der Waals surface area contributed by atoms with E-state index in [1.165, 1.54) is 5.56 Å². The Kier molecular flexibility index (Phi) is 5.27. The predicted octanol–water partition coefficient (Wildman–Crippen LogP) is 2.45. The highest BCUT2D eigenvalue weighted by Gasteiger charge is 2.22. The molecule has 0 saturated carbocycles. The van der Waals surface area contributed by atoms with Crippen LogP contribution in [0, 0.1) is 6.92 Å². The molecule has 0 amide bonds. The summed E-state index contributed by atoms with van der Waals surface area (Å²) >= 11 is 0. The molecule has 0 bridgehead atoms. The third-order valence-electron chi connectivity index (χ3n) is 4.84. The van der Waals surface area contributed by atoms with E-state index in [0.717, 1.165) is 50.2 Å². The molecule has 144 valence electrons. The lowest BCUT2D eigenvalue weighted by Crippen LogP contribution is -2.47. The normalized spacial score (nSPS) is 14.2. The number of hydrogen-bond donors (Lipinski definition) is 0. The highest BCUT2D eigenvalue weighted by Crippen LogP contribution is 2.25. The van der Waals surface area contributed by atoms with Crippen LogP contribution in [0.1, 0.15) is 12.5 Å². The van der Waals surface area contributed by atoms with Gasteiger partial charge < -0.3 is 14.7 Å². The number of aryl methyl sites for hydroxylation is 1. The number of piperazine rings is 1. The third-order valence-corrected chi connectivity index (χ3v) is 4.84. The highest BCUT2D eigenvalue weighted by molar-refractivity contribution is 5.60. The first-order chi connectivity index (χ1) is 13.7. The van der Waals surface area contributed by atoms with Crippen LogP contribution in [-0.2, 0) is 0 Å². The molecule has 0 unspecified atom stereocenters. The van der Waals surface area contributed by atoms with Crippen LogP contribution in [0.5, 0.6) is 0 Å². The van der Waals surface area contributed by atoms with E-state index in [9.17, 15) is 0 Å². The maximum absolute atomic E-state index is 4.80. The topological polar surface area (TPSA) is 74.2 Å². The van der Waals surface area contributed by atoms with E-state index < -0.39 is 0 Å². The van der Waals surface area contributed by atoms with Crippen molar-refractivity contribution in [2.24, 2.45) is 0 Å². The zero-order chi connectivity index (χ0) is 19.3. The first-order valence-corrected chi connectivity index (χ1v) is 9.55. The molecular weight excluding hydrogens is 352 g/mol. The molecule has 28 heavy (non-hydrogen) atoms. The van der Waals surface area contributed by atoms with E-state index in [1.54, 1.807) is 18.6 Å². The maximum Gasteiger partial charge on any atom is 0.247 e. The summed E-state index contributed by atoms with van der Waals surface area (Å²) in [6, 6.07) is 10.2. The van der Waals surface area contributed by atoms with Gasteiger partial charge in [-0.2, -0.15) is 10.1 Å². The third kappa shape index (κ3) is 3.85. The number of aromatic nitrogens is 5. The van der Waals surface area contributed by atoms with E-state index in [0.29, 0.717) is 5.95 Å². The van der Waals surface area contributed by atoms with Gasteiger partial charge in [0.1, 0.15) is 0 Å². The molecule has 0 spiro atoms. The van der Waals surface area contributed by atoms with Gasteiger partial charge in [0.05, 0.1) is 6.20 Å². The van der Waals surface area contributed by atoms with Gasteiger partial charge in [0.15, 0.2) is 5.82 Å². The van der Waals surface area contributed by atoms with Gasteiger partial charge in [-0.25, -0.2) is 9.97 Å². The summed E-state index contributed by atoms with van der Waals surface area (Å²) in [5, 5.41) is 8.50. The van der Waals surface area contributed by atoms with Crippen molar-refractivity contribution >= 4 is 23.4 Å². The molecule has 2 aromatic heterocycles. The standard InChI is InChI=1S/C20H24N8/c1-3-28(17-7-4-6-16(2)14-17)18-15-23-25-20(24-18)27-12-10-26(11-13-27)19-21-8-5-9-22-19/h4-9,14-15H,3,10-13H2,1-2H3. The molecule has 1 fully saturated rings. The summed E-state index contributed by atoms with van der Waals surface area (Å²) in [5.41, 5.74) is 2.33. The molecule has 0 radical (unpaired) electrons. The Morgan fingerprint density at radius 2 is 1.68 bits per heavy atom. The van der Waals surface area contributed by atoms with Crippen LogP contribution in [-0.4, -0.2) is 57.9 Å². The quantitative estimate of drug-likeness (QED) is 0.672. The minimum Gasteiger partial charge on any atom is -0.337 e. The fourth-order valence-electron chi connectivity index (χ4n) is 3.38. The second kappa shape index (κ2) is 8.16. The summed E-state index contributed by atoms with van der Waals surface area (Å²) < 4.78 is 0. The molecule has 0 N–H and O–H groups in total. The fraction of sp³-hybridized carbons (Fsp3) is 0.350. The average Bonchev–Trinajstić information content (AvgIpc) is 2.75. The molecule has 1 aliphatic heterocycles. The van der Waals surface area contributed by atoms with Crippen molar-refractivity contribution in [1.82, 2.24) is 25.1 Å². The van der Waals surface area contributed by atoms with E-state index in [4.69, 9.17) is 4.98 Å². The van der Waals surface area contributed by atoms with Crippen LogP contribution in [0.15, 0.2) is 48.9 Å². The molecule has 8 heteroatoms. The fourth-order valence-corrected chi connectivity index (χ4v) is 3.38. The van der Waals surface area contributed by atoms with E-state index in [2.05, 4.69) is 73.0 Å². The Morgan fingerprint density at radius 3 is 2.36 bits per heavy atom. The number of benzene rings is 1. The Balaban J connectivity index is 1.50. The van der Waals surface area contributed by atoms with Gasteiger partial charge in [-0.15, -0.1) is 5.10 Å². The van der Waals surface area contributed by atoms with Crippen molar-refractivity contribution in [2.75, 3.05) is 47.4 Å². The Morgan fingerprint density at radius 1 is 0.964 bits per heavy atom. The zero-order valence-electron chi connectivity index (χ0n) is 16.2. The molecule has 3 heterocycles. The Labute approximate surface area is 164 Å². The summed E-state index contributed by atoms with van der Waals surface area (Å²) in [6.45, 7) is 8.28. The summed E-state index contributed by atoms with van der Waals surface area (Å²) in [5.74, 6) is 2.25. The SMILES string of the molecule is CCN(c1cccc(C)c1)c1cnnc(N2CCN(c3ncccn3)CC2)n1. The molecule has 1 saturated heterocycles. The Hall–Kier alpha value is -3.29. The first kappa shape index (κ1) is 18.1. The van der Waals surface area contributed by atoms with E-state index in [1.807, 2.05) is 6.07 Å². The van der Waals surface area contributed by atoms with Crippen molar-refractivity contribution in [1.29, 1.82) is 0 Å². The average molecular weight is 376 g/mol. The van der Waals surface area contributed by atoms with Crippen LogP contribution >= 0.6 is 0 Å². The number of anilines is 4. The number of nitrogens with zero attached hydrogens (tertiary/aromatic N) is 8. The van der Waals surface area contributed by atoms with Crippen molar-refractivity contribution in [3.63, 3.8) is 0 Å². The van der Waals surface area contributed by atoms with Crippen LogP contribution < -0.4 is 14.7 Å². The lowest BCUT2D eigenvalue weighted by Gasteiger charge is -2.34. The van der Waals surface area contributed by atoms with Crippen LogP contribution in [0.4, 0.5) is 23.4 Å². The van der Waals surface area contributed by atoms with Crippen LogP contribution in [0.2, 0.25) is 0 Å². The summed E-state index contributed by atoms with van der Waals surface area (Å²) in [7, 11) is 0. The van der Waals surface area contributed by atoms with Gasteiger partial charge in [-0.05, 0) is 37.6 Å². The summed E-state index contributed by atoms with van der Waals surface area (Å²) in [4.78, 5) is 20.0. The van der Waals surface area contributed by atoms with Gasteiger partial charge in [-0.3, -0.25) is 0 Å². The monoisotopic (exact) mass is 376 g/mol. The molecule has 1 aliphatic rings. The second-order valence-corrected chi connectivity index (χ2v) is 6.72. The van der Waals surface area contributed by atoms with Gasteiger partial charge in [-0.1, -0.05) is 12.1 Å². The van der Waals surface area contributed by atoms with Crippen LogP contribution in [0.25, 0.3) is 0 Å². The molecule has 0 atom stereocenters. The molecular formula is C20H24N8. The molecule has 8 nitrogen and oxygen atoms in total. The number of rotatable bonds is 5. The first-order valence-electron chi connectivity index (χ1n) is 9.55. The lowest BCUT2D eigenvalue weighted by molar-refractivity contribution is 0.623. The minimum absolute atomic E-state index is 0.664. The van der Waals surface area contributed by atoms with E-state index >= 15 is 0 Å². The van der Waals surface area contributed by atoms with Crippen molar-refractivity contribution in [3.05, 3.63) is 54.5 Å². The van der Waals surface area contributed by atoms with Crippen molar-refractivity contribution in [2.45, 2.75) is 13.8 Å². The lowest BCUT2D eigenvalue weighted by atomic mass is 10.2. The Bertz CT molecular complexity index is 909. The van der Waals surface area contributed by atoms with Gasteiger partial charge in [0, 0.05) is 50.8 Å². The van der Waals surface area contributed by atoms with Crippen LogP contribution in [0.3, 0.4) is 0 Å². The predicted molar refractivity (Wildman–Crippen MR) is 110 cm³/mol. The smallest absolute Gasteiger partial charge is 0.247 e. The van der Waals surface area contributed by atoms with Gasteiger partial charge >= 0.3 is 0 Å². The highest BCUT2D eigenvalue weighted by atomic mass is 15.4. The van der Waals surface area contributed by atoms with Crippen molar-refractivity contribution < 1.29 is 0 Å². The minimum atomic E-state index is 0.664. The maximum atomic E-state index is 4.80. The van der Waals surface area contributed by atoms with Crippen molar-refractivity contribution in [3.8, 4) is 0 Å². The zero-order valence-corrected chi connectivity index (χ0v) is 16.2. The molecule has 0 aliphatic carbocycles. The summed E-state index contributed by atoms with van der Waals surface area (Å²) in [6.07, 6.45) is 5.27. The molecule has 1 aromatic carbocycles. The van der Waals surface area contributed by atoms with Gasteiger partial charge in [0.2, 0.25) is 11.9 Å².